The van der Waals surface area contributed by atoms with Crippen LogP contribution in [-0.4, -0.2) is 27.3 Å². The number of halogens is 1. The van der Waals surface area contributed by atoms with Crippen LogP contribution in [0.1, 0.15) is 61.7 Å². The molecule has 25 heavy (non-hydrogen) atoms. The molecule has 0 saturated heterocycles. The number of rotatable bonds is 2. The summed E-state index contributed by atoms with van der Waals surface area (Å²) >= 11 is 3.83. The molecule has 0 aliphatic heterocycles. The van der Waals surface area contributed by atoms with Crippen LogP contribution in [0.3, 0.4) is 0 Å². The highest BCUT2D eigenvalue weighted by atomic mass is 79.9. The van der Waals surface area contributed by atoms with E-state index in [1.54, 1.807) is 24.3 Å². The molecule has 0 bridgehead atoms. The summed E-state index contributed by atoms with van der Waals surface area (Å²) in [5.41, 5.74) is 2.98. The minimum Gasteiger partial charge on any atom is -0.508 e. The number of fused-ring (bicyclic) bond motifs is 5. The van der Waals surface area contributed by atoms with Crippen molar-refractivity contribution >= 4 is 27.9 Å². The molecule has 2 unspecified atom stereocenters. The first-order valence-electron chi connectivity index (χ1n) is 7.96. The van der Waals surface area contributed by atoms with Crippen molar-refractivity contribution in [2.24, 2.45) is 0 Å². The molecule has 0 aromatic heterocycles. The summed E-state index contributed by atoms with van der Waals surface area (Å²) in [4.78, 5) is 23.4. The Labute approximate surface area is 152 Å². The number of phenolic OH excluding ortho intramolecular Hbond substituents is 1. The fourth-order valence-electron chi connectivity index (χ4n) is 4.17. The highest BCUT2D eigenvalue weighted by Crippen LogP contribution is 2.62. The Hall–Kier alpha value is -2.34. The van der Waals surface area contributed by atoms with E-state index in [4.69, 9.17) is 0 Å². The zero-order valence-electron chi connectivity index (χ0n) is 13.1. The van der Waals surface area contributed by atoms with Gasteiger partial charge in [0, 0.05) is 5.92 Å². The lowest BCUT2D eigenvalue weighted by Gasteiger charge is -2.46. The summed E-state index contributed by atoms with van der Waals surface area (Å²) in [6.07, 6.45) is 2.08. The molecule has 2 aromatic rings. The van der Waals surface area contributed by atoms with E-state index in [9.17, 15) is 24.9 Å². The molecule has 0 spiro atoms. The smallest absolute Gasteiger partial charge is 0.336 e. The predicted octanol–water partition coefficient (Wildman–Crippen LogP) is 3.86. The van der Waals surface area contributed by atoms with Gasteiger partial charge in [0.2, 0.25) is 0 Å². The molecule has 0 heterocycles. The lowest BCUT2D eigenvalue weighted by atomic mass is 9.66. The van der Waals surface area contributed by atoms with Crippen molar-refractivity contribution in [3.63, 3.8) is 0 Å². The monoisotopic (exact) mass is 402 g/mol. The molecule has 128 valence electrons. The lowest BCUT2D eigenvalue weighted by Crippen LogP contribution is -2.37. The van der Waals surface area contributed by atoms with Crippen LogP contribution in [0, 0.1) is 0 Å². The number of phenols is 1. The van der Waals surface area contributed by atoms with E-state index in [2.05, 4.69) is 15.9 Å². The Morgan fingerprint density at radius 3 is 2.48 bits per heavy atom. The van der Waals surface area contributed by atoms with E-state index in [1.165, 1.54) is 6.07 Å². The van der Waals surface area contributed by atoms with Gasteiger partial charge in [-0.25, -0.2) is 9.59 Å². The Bertz CT molecular complexity index is 936. The van der Waals surface area contributed by atoms with Crippen LogP contribution < -0.4 is 0 Å². The largest absolute Gasteiger partial charge is 0.508 e. The van der Waals surface area contributed by atoms with Crippen LogP contribution in [0.5, 0.6) is 5.75 Å². The van der Waals surface area contributed by atoms with E-state index in [1.807, 2.05) is 0 Å². The van der Waals surface area contributed by atoms with E-state index in [0.717, 1.165) is 29.5 Å². The van der Waals surface area contributed by atoms with Gasteiger partial charge in [0.25, 0.3) is 0 Å². The van der Waals surface area contributed by atoms with Crippen LogP contribution in [-0.2, 0) is 10.7 Å². The third-order valence-electron chi connectivity index (χ3n) is 5.43. The van der Waals surface area contributed by atoms with Gasteiger partial charge < -0.3 is 15.3 Å². The number of hydrogen-bond acceptors (Lipinski definition) is 3. The van der Waals surface area contributed by atoms with Gasteiger partial charge in [-0.3, -0.25) is 0 Å². The number of aromatic hydroxyl groups is 1. The van der Waals surface area contributed by atoms with E-state index >= 15 is 0 Å². The number of carboxylic acid groups (broad SMARTS) is 2. The van der Waals surface area contributed by atoms with Crippen molar-refractivity contribution in [3.05, 3.63) is 63.7 Å². The van der Waals surface area contributed by atoms with Crippen LogP contribution in [0.25, 0.3) is 0 Å². The van der Waals surface area contributed by atoms with Gasteiger partial charge in [-0.1, -0.05) is 28.1 Å². The Morgan fingerprint density at radius 2 is 1.88 bits per heavy atom. The maximum atomic E-state index is 11.8. The first kappa shape index (κ1) is 16.1. The second-order valence-corrected chi connectivity index (χ2v) is 8.05. The zero-order valence-corrected chi connectivity index (χ0v) is 14.7. The summed E-state index contributed by atoms with van der Waals surface area (Å²) in [7, 11) is 0. The topological polar surface area (TPSA) is 94.8 Å². The summed E-state index contributed by atoms with van der Waals surface area (Å²) in [6, 6.07) is 8.23. The highest BCUT2D eigenvalue weighted by Gasteiger charge is 2.50. The molecule has 5 nitrogen and oxygen atoms in total. The van der Waals surface area contributed by atoms with Crippen LogP contribution in [0.4, 0.5) is 0 Å². The van der Waals surface area contributed by atoms with Gasteiger partial charge in [0.05, 0.1) is 15.5 Å². The van der Waals surface area contributed by atoms with Gasteiger partial charge in [0.1, 0.15) is 5.75 Å². The standard InChI is InChI=1S/C19H15BrO5/c20-19-6-5-14(19)11-3-4-12(17(22)23)16(18(24)25)13(11)7-9-1-2-10(21)8-15(9)19/h1-4,8,14,21H,5-7H2,(H,22,23)(H,24,25). The van der Waals surface area contributed by atoms with E-state index in [0.29, 0.717) is 12.0 Å². The zero-order chi connectivity index (χ0) is 17.9. The number of hydrogen-bond donors (Lipinski definition) is 3. The minimum absolute atomic E-state index is 0.0477. The second kappa shape index (κ2) is 5.33. The van der Waals surface area contributed by atoms with Crippen LogP contribution in [0.2, 0.25) is 0 Å². The van der Waals surface area contributed by atoms with Crippen LogP contribution >= 0.6 is 15.9 Å². The minimum atomic E-state index is -1.24. The lowest BCUT2D eigenvalue weighted by molar-refractivity contribution is 0.0650. The predicted molar refractivity (Wildman–Crippen MR) is 93.9 cm³/mol. The molecule has 4 rings (SSSR count). The van der Waals surface area contributed by atoms with Crippen molar-refractivity contribution in [3.8, 4) is 5.75 Å². The Balaban J connectivity index is 2.03. The fourth-order valence-corrected chi connectivity index (χ4v) is 5.24. The van der Waals surface area contributed by atoms with Gasteiger partial charge in [0.15, 0.2) is 0 Å². The van der Waals surface area contributed by atoms with Crippen molar-refractivity contribution in [1.29, 1.82) is 0 Å². The molecule has 1 saturated carbocycles. The second-order valence-electron chi connectivity index (χ2n) is 6.64. The van der Waals surface area contributed by atoms with Crippen molar-refractivity contribution < 1.29 is 24.9 Å². The van der Waals surface area contributed by atoms with Crippen molar-refractivity contribution in [2.75, 3.05) is 0 Å². The highest BCUT2D eigenvalue weighted by molar-refractivity contribution is 9.09. The first-order chi connectivity index (χ1) is 11.8. The Kier molecular flexibility index (Phi) is 3.44. The van der Waals surface area contributed by atoms with E-state index in [-0.39, 0.29) is 27.1 Å². The maximum Gasteiger partial charge on any atom is 0.336 e. The number of aromatic carboxylic acids is 2. The van der Waals surface area contributed by atoms with Gasteiger partial charge in [-0.05, 0) is 59.7 Å². The summed E-state index contributed by atoms with van der Waals surface area (Å²) in [5, 5.41) is 29.0. The SMILES string of the molecule is O=C(O)c1ccc2c(c1C(=O)O)Cc1ccc(O)cc1C1(Br)CCC21. The first-order valence-corrected chi connectivity index (χ1v) is 8.76. The molecular weight excluding hydrogens is 388 g/mol. The van der Waals surface area contributed by atoms with Crippen molar-refractivity contribution in [2.45, 2.75) is 29.5 Å². The van der Waals surface area contributed by atoms with Gasteiger partial charge >= 0.3 is 11.9 Å². The summed E-state index contributed by atoms with van der Waals surface area (Å²) < 4.78 is -0.354. The molecule has 6 heteroatoms. The molecule has 2 aliphatic rings. The molecule has 1 fully saturated rings. The fraction of sp³-hybridized carbons (Fsp3) is 0.263. The van der Waals surface area contributed by atoms with Gasteiger partial charge in [-0.15, -0.1) is 0 Å². The average molecular weight is 403 g/mol. The molecule has 3 N–H and O–H groups in total. The average Bonchev–Trinajstić information content (AvgIpc) is 2.60. The number of alkyl halides is 1. The molecule has 0 amide bonds. The summed E-state index contributed by atoms with van der Waals surface area (Å²) in [6.45, 7) is 0. The van der Waals surface area contributed by atoms with Crippen LogP contribution in [0.15, 0.2) is 30.3 Å². The third kappa shape index (κ3) is 2.20. The Morgan fingerprint density at radius 1 is 1.12 bits per heavy atom. The maximum absolute atomic E-state index is 11.8. The van der Waals surface area contributed by atoms with Crippen molar-refractivity contribution in [1.82, 2.24) is 0 Å². The summed E-state index contributed by atoms with van der Waals surface area (Å²) in [5.74, 6) is -2.25. The van der Waals surface area contributed by atoms with E-state index < -0.39 is 11.9 Å². The number of benzene rings is 2. The quantitative estimate of drug-likeness (QED) is 0.662. The molecule has 2 aliphatic carbocycles. The molecule has 0 radical (unpaired) electrons. The number of carbonyl (C=O) groups is 2. The molecule has 2 atom stereocenters. The van der Waals surface area contributed by atoms with Gasteiger partial charge in [-0.2, -0.15) is 0 Å². The molecule has 2 aromatic carbocycles. The normalized spacial score (nSPS) is 23.5. The third-order valence-corrected chi connectivity index (χ3v) is 6.80. The number of carboxylic acids is 2. The molecular formula is C19H15BrO5.